The van der Waals surface area contributed by atoms with Crippen LogP contribution in [0.4, 0.5) is 11.4 Å². The topological polar surface area (TPSA) is 93.9 Å². The number of anilines is 1. The molecule has 1 amide bonds. The predicted molar refractivity (Wildman–Crippen MR) is 110 cm³/mol. The maximum Gasteiger partial charge on any atom is 0.271 e. The van der Waals surface area contributed by atoms with Gasteiger partial charge in [-0.2, -0.15) is 0 Å². The Bertz CT molecular complexity index is 907. The molecule has 2 aromatic carbocycles. The number of nitro benzene ring substituents is 1. The molecule has 2 unspecified atom stereocenters. The molecule has 1 aliphatic heterocycles. The Hall–Kier alpha value is -2.84. The van der Waals surface area contributed by atoms with E-state index in [1.807, 2.05) is 36.1 Å². The monoisotopic (exact) mass is 419 g/mol. The van der Waals surface area contributed by atoms with Gasteiger partial charge in [0.1, 0.15) is 12.7 Å². The van der Waals surface area contributed by atoms with E-state index in [1.54, 1.807) is 6.92 Å². The molecule has 154 valence electrons. The first kappa shape index (κ1) is 20.9. The molecule has 1 heterocycles. The number of benzene rings is 2. The molecule has 1 aliphatic rings. The van der Waals surface area contributed by atoms with E-state index < -0.39 is 11.0 Å². The van der Waals surface area contributed by atoms with Crippen molar-refractivity contribution in [3.63, 3.8) is 0 Å². The van der Waals surface area contributed by atoms with E-state index in [0.717, 1.165) is 0 Å². The molecule has 0 bridgehead atoms. The smallest absolute Gasteiger partial charge is 0.271 e. The van der Waals surface area contributed by atoms with Crippen LogP contribution in [0, 0.1) is 10.1 Å². The lowest BCUT2D eigenvalue weighted by atomic mass is 10.2. The predicted octanol–water partition coefficient (Wildman–Crippen LogP) is 3.74. The Morgan fingerprint density at radius 1 is 1.34 bits per heavy atom. The molecule has 0 spiro atoms. The zero-order valence-corrected chi connectivity index (χ0v) is 16.9. The van der Waals surface area contributed by atoms with Crippen LogP contribution in [0.3, 0.4) is 0 Å². The molecule has 2 aromatic rings. The van der Waals surface area contributed by atoms with Crippen molar-refractivity contribution >= 4 is 28.9 Å². The van der Waals surface area contributed by atoms with Crippen molar-refractivity contribution in [2.24, 2.45) is 0 Å². The van der Waals surface area contributed by atoms with Gasteiger partial charge in [-0.1, -0.05) is 30.7 Å². The first-order chi connectivity index (χ1) is 13.9. The highest BCUT2D eigenvalue weighted by Crippen LogP contribution is 2.31. The van der Waals surface area contributed by atoms with Crippen molar-refractivity contribution in [3.8, 4) is 11.5 Å². The number of amides is 1. The number of hydrogen-bond acceptors (Lipinski definition) is 6. The highest BCUT2D eigenvalue weighted by molar-refractivity contribution is 6.33. The van der Waals surface area contributed by atoms with E-state index in [9.17, 15) is 14.9 Å². The largest absolute Gasteiger partial charge is 0.486 e. The Kier molecular flexibility index (Phi) is 6.56. The summed E-state index contributed by atoms with van der Waals surface area (Å²) < 4.78 is 11.7. The van der Waals surface area contributed by atoms with Crippen LogP contribution < -0.4 is 14.8 Å². The Labute approximate surface area is 173 Å². The van der Waals surface area contributed by atoms with Gasteiger partial charge in [0.25, 0.3) is 5.69 Å². The summed E-state index contributed by atoms with van der Waals surface area (Å²) in [7, 11) is 0. The summed E-state index contributed by atoms with van der Waals surface area (Å²) in [6.45, 7) is 5.20. The molecular weight excluding hydrogens is 398 g/mol. The Balaban J connectivity index is 1.65. The second-order valence-electron chi connectivity index (χ2n) is 6.67. The highest BCUT2D eigenvalue weighted by atomic mass is 35.5. The van der Waals surface area contributed by atoms with Crippen LogP contribution >= 0.6 is 11.6 Å². The zero-order chi connectivity index (χ0) is 21.0. The number of rotatable bonds is 7. The minimum absolute atomic E-state index is 0.142. The Morgan fingerprint density at radius 3 is 2.76 bits per heavy atom. The molecule has 0 fully saturated rings. The number of fused-ring (bicyclic) bond motifs is 1. The van der Waals surface area contributed by atoms with Gasteiger partial charge in [0.2, 0.25) is 5.91 Å². The number of hydrogen-bond donors (Lipinski definition) is 1. The van der Waals surface area contributed by atoms with E-state index in [1.165, 1.54) is 18.2 Å². The fourth-order valence-corrected chi connectivity index (χ4v) is 3.27. The van der Waals surface area contributed by atoms with Gasteiger partial charge in [-0.05, 0) is 31.7 Å². The van der Waals surface area contributed by atoms with E-state index in [0.29, 0.717) is 31.2 Å². The average molecular weight is 420 g/mol. The molecule has 2 atom stereocenters. The van der Waals surface area contributed by atoms with Crippen molar-refractivity contribution in [1.29, 1.82) is 0 Å². The van der Waals surface area contributed by atoms with Crippen LogP contribution in [-0.4, -0.2) is 47.6 Å². The van der Waals surface area contributed by atoms with Crippen molar-refractivity contribution in [2.45, 2.75) is 26.0 Å². The SMILES string of the molecule is CCN(CC1COc2ccccc2O1)C(C)C(=O)Nc1cc([N+](=O)[O-])ccc1Cl. The molecule has 29 heavy (non-hydrogen) atoms. The third kappa shape index (κ3) is 4.96. The van der Waals surface area contributed by atoms with Gasteiger partial charge in [0, 0.05) is 18.7 Å². The zero-order valence-electron chi connectivity index (χ0n) is 16.1. The second kappa shape index (κ2) is 9.11. The fourth-order valence-electron chi connectivity index (χ4n) is 3.10. The maximum absolute atomic E-state index is 12.7. The number of carbonyl (C=O) groups excluding carboxylic acids is 1. The molecule has 0 saturated heterocycles. The van der Waals surface area contributed by atoms with Crippen LogP contribution in [0.1, 0.15) is 13.8 Å². The van der Waals surface area contributed by atoms with E-state index in [2.05, 4.69) is 5.32 Å². The molecule has 8 nitrogen and oxygen atoms in total. The second-order valence-corrected chi connectivity index (χ2v) is 7.08. The molecule has 1 N–H and O–H groups in total. The quantitative estimate of drug-likeness (QED) is 0.542. The highest BCUT2D eigenvalue weighted by Gasteiger charge is 2.28. The van der Waals surface area contributed by atoms with Gasteiger partial charge in [-0.3, -0.25) is 19.8 Å². The molecule has 9 heteroatoms. The van der Waals surface area contributed by atoms with Gasteiger partial charge >= 0.3 is 0 Å². The van der Waals surface area contributed by atoms with E-state index in [4.69, 9.17) is 21.1 Å². The number of non-ortho nitro benzene ring substituents is 1. The Morgan fingerprint density at radius 2 is 2.07 bits per heavy atom. The number of carbonyl (C=O) groups is 1. The minimum atomic E-state index is -0.536. The first-order valence-corrected chi connectivity index (χ1v) is 9.64. The van der Waals surface area contributed by atoms with Gasteiger partial charge in [-0.25, -0.2) is 0 Å². The maximum atomic E-state index is 12.7. The third-order valence-electron chi connectivity index (χ3n) is 4.76. The molecule has 3 rings (SSSR count). The van der Waals surface area contributed by atoms with Gasteiger partial charge < -0.3 is 14.8 Å². The summed E-state index contributed by atoms with van der Waals surface area (Å²) in [5, 5.41) is 13.9. The number of likely N-dealkylation sites (N-methyl/N-ethyl adjacent to an activating group) is 1. The number of nitrogens with one attached hydrogen (secondary N) is 1. The number of nitro groups is 1. The average Bonchev–Trinajstić information content (AvgIpc) is 2.72. The van der Waals surface area contributed by atoms with Crippen LogP contribution in [0.25, 0.3) is 0 Å². The number of nitrogens with zero attached hydrogens (tertiary/aromatic N) is 2. The summed E-state index contributed by atoms with van der Waals surface area (Å²) >= 11 is 6.08. The molecule has 0 radical (unpaired) electrons. The lowest BCUT2D eigenvalue weighted by molar-refractivity contribution is -0.384. The summed E-state index contributed by atoms with van der Waals surface area (Å²) in [4.78, 5) is 25.1. The normalized spacial score (nSPS) is 16.3. The summed E-state index contributed by atoms with van der Waals surface area (Å²) in [5.74, 6) is 1.07. The molecule has 0 aliphatic carbocycles. The summed E-state index contributed by atoms with van der Waals surface area (Å²) in [6.07, 6.45) is -0.221. The lowest BCUT2D eigenvalue weighted by Gasteiger charge is -2.33. The van der Waals surface area contributed by atoms with Crippen molar-refractivity contribution < 1.29 is 19.2 Å². The van der Waals surface area contributed by atoms with Gasteiger partial charge in [-0.15, -0.1) is 0 Å². The first-order valence-electron chi connectivity index (χ1n) is 9.26. The van der Waals surface area contributed by atoms with Gasteiger partial charge in [0.05, 0.1) is 21.7 Å². The fraction of sp³-hybridized carbons (Fsp3) is 0.350. The van der Waals surface area contributed by atoms with Gasteiger partial charge in [0.15, 0.2) is 11.5 Å². The van der Waals surface area contributed by atoms with Crippen LogP contribution in [-0.2, 0) is 4.79 Å². The molecule has 0 aromatic heterocycles. The van der Waals surface area contributed by atoms with Crippen molar-refractivity contribution in [2.75, 3.05) is 25.0 Å². The molecular formula is C20H22ClN3O5. The van der Waals surface area contributed by atoms with Crippen molar-refractivity contribution in [1.82, 2.24) is 4.90 Å². The van der Waals surface area contributed by atoms with E-state index >= 15 is 0 Å². The van der Waals surface area contributed by atoms with Crippen LogP contribution in [0.2, 0.25) is 5.02 Å². The molecule has 0 saturated carbocycles. The van der Waals surface area contributed by atoms with Crippen molar-refractivity contribution in [3.05, 3.63) is 57.6 Å². The third-order valence-corrected chi connectivity index (χ3v) is 5.09. The van der Waals surface area contributed by atoms with Crippen LogP contribution in [0.15, 0.2) is 42.5 Å². The number of halogens is 1. The standard InChI is InChI=1S/C20H22ClN3O5/c1-3-23(11-15-12-28-18-6-4-5-7-19(18)29-15)13(2)20(25)22-17-10-14(24(26)27)8-9-16(17)21/h4-10,13,15H,3,11-12H2,1-2H3,(H,22,25). The minimum Gasteiger partial charge on any atom is -0.486 e. The van der Waals surface area contributed by atoms with Crippen LogP contribution in [0.5, 0.6) is 11.5 Å². The van der Waals surface area contributed by atoms with E-state index in [-0.39, 0.29) is 28.4 Å². The summed E-state index contributed by atoms with van der Waals surface area (Å²) in [6, 6.07) is 10.9. The summed E-state index contributed by atoms with van der Waals surface area (Å²) in [5.41, 5.74) is 0.0658. The lowest BCUT2D eigenvalue weighted by Crippen LogP contribution is -2.48. The number of para-hydroxylation sites is 2. The number of ether oxygens (including phenoxy) is 2.